The summed E-state index contributed by atoms with van der Waals surface area (Å²) in [7, 11) is 1.70. The van der Waals surface area contributed by atoms with Gasteiger partial charge in [0.1, 0.15) is 12.3 Å². The first-order valence-corrected chi connectivity index (χ1v) is 9.32. The smallest absolute Gasteiger partial charge is 0.232 e. The first-order valence-electron chi connectivity index (χ1n) is 9.32. The summed E-state index contributed by atoms with van der Waals surface area (Å²) in [5, 5.41) is 10.6. The van der Waals surface area contributed by atoms with E-state index in [0.29, 0.717) is 18.3 Å². The highest BCUT2D eigenvalue weighted by Gasteiger charge is 2.21. The lowest BCUT2D eigenvalue weighted by Crippen LogP contribution is -2.38. The van der Waals surface area contributed by atoms with Gasteiger partial charge in [0.05, 0.1) is 7.11 Å². The maximum atomic E-state index is 5.39. The zero-order valence-corrected chi connectivity index (χ0v) is 20.0. The first kappa shape index (κ1) is 24.2. The van der Waals surface area contributed by atoms with Crippen molar-refractivity contribution in [2.75, 3.05) is 20.2 Å². The Labute approximate surface area is 184 Å². The molecule has 8 heteroatoms. The highest BCUT2D eigenvalue weighted by Crippen LogP contribution is 2.20. The maximum Gasteiger partial charge on any atom is 0.232 e. The number of hydrogen-bond acceptors (Lipinski definition) is 5. The summed E-state index contributed by atoms with van der Waals surface area (Å²) in [6, 6.07) is 6.28. The highest BCUT2D eigenvalue weighted by molar-refractivity contribution is 14.0. The fourth-order valence-corrected chi connectivity index (χ4v) is 2.46. The van der Waals surface area contributed by atoms with Crippen LogP contribution in [0.3, 0.4) is 0 Å². The third-order valence-corrected chi connectivity index (χ3v) is 4.01. The lowest BCUT2D eigenvalue weighted by Gasteiger charge is -2.12. The van der Waals surface area contributed by atoms with Gasteiger partial charge in [0, 0.05) is 18.5 Å². The molecular weight excluding hydrogens is 469 g/mol. The number of aromatic nitrogens is 2. The van der Waals surface area contributed by atoms with Crippen LogP contribution < -0.4 is 15.4 Å². The van der Waals surface area contributed by atoms with Crippen LogP contribution >= 0.6 is 24.0 Å². The van der Waals surface area contributed by atoms with Crippen molar-refractivity contribution in [2.45, 2.75) is 53.0 Å². The van der Waals surface area contributed by atoms with E-state index >= 15 is 0 Å². The molecule has 0 spiro atoms. The zero-order valence-electron chi connectivity index (χ0n) is 17.6. The molecule has 156 valence electrons. The van der Waals surface area contributed by atoms with Gasteiger partial charge >= 0.3 is 0 Å². The molecule has 0 bridgehead atoms. The van der Waals surface area contributed by atoms with E-state index in [1.54, 1.807) is 7.11 Å². The number of aryl methyl sites for hydroxylation is 1. The Morgan fingerprint density at radius 2 is 2.00 bits per heavy atom. The number of rotatable bonds is 7. The van der Waals surface area contributed by atoms with Crippen LogP contribution in [0.25, 0.3) is 0 Å². The topological polar surface area (TPSA) is 84.6 Å². The minimum Gasteiger partial charge on any atom is -0.496 e. The molecule has 0 amide bonds. The molecule has 0 atom stereocenters. The van der Waals surface area contributed by atoms with E-state index < -0.39 is 0 Å². The number of aliphatic imine (C=N–C) groups is 1. The van der Waals surface area contributed by atoms with Crippen LogP contribution in [0.15, 0.2) is 27.7 Å². The van der Waals surface area contributed by atoms with E-state index in [4.69, 9.17) is 9.26 Å². The standard InChI is InChI=1S/C20H31N5O2.HI/c1-7-21-19(23-13-17-24-18(27-25-17)20(3,4)5)22-11-10-15-9-8-14(2)16(12-15)26-6;/h8-9,12H,7,10-11,13H2,1-6H3,(H2,21,22,23);1H. The van der Waals surface area contributed by atoms with Crippen LogP contribution in [0.2, 0.25) is 0 Å². The van der Waals surface area contributed by atoms with Gasteiger partial charge in [-0.2, -0.15) is 4.98 Å². The van der Waals surface area contributed by atoms with Crippen LogP contribution in [0, 0.1) is 6.92 Å². The molecule has 0 aliphatic rings. The number of guanidine groups is 1. The number of ether oxygens (including phenoxy) is 1. The van der Waals surface area contributed by atoms with E-state index in [0.717, 1.165) is 36.8 Å². The van der Waals surface area contributed by atoms with Gasteiger partial charge < -0.3 is 19.9 Å². The molecule has 0 saturated carbocycles. The number of benzene rings is 1. The summed E-state index contributed by atoms with van der Waals surface area (Å²) in [4.78, 5) is 8.96. The predicted octanol–water partition coefficient (Wildman–Crippen LogP) is 3.60. The minimum absolute atomic E-state index is 0. The Morgan fingerprint density at radius 1 is 1.25 bits per heavy atom. The van der Waals surface area contributed by atoms with Crippen molar-refractivity contribution in [1.82, 2.24) is 20.8 Å². The van der Waals surface area contributed by atoms with E-state index in [1.165, 1.54) is 5.56 Å². The summed E-state index contributed by atoms with van der Waals surface area (Å²) in [6.07, 6.45) is 0.872. The SMILES string of the molecule is CCNC(=NCc1noc(C(C)(C)C)n1)NCCc1ccc(C)c(OC)c1.I. The molecule has 0 fully saturated rings. The van der Waals surface area contributed by atoms with Gasteiger partial charge in [-0.1, -0.05) is 38.1 Å². The number of halogens is 1. The van der Waals surface area contributed by atoms with Gasteiger partial charge in [0.15, 0.2) is 11.8 Å². The Morgan fingerprint density at radius 3 is 2.61 bits per heavy atom. The average Bonchev–Trinajstić information content (AvgIpc) is 3.10. The molecule has 0 radical (unpaired) electrons. The van der Waals surface area contributed by atoms with E-state index in [-0.39, 0.29) is 29.4 Å². The van der Waals surface area contributed by atoms with Crippen LogP contribution in [0.5, 0.6) is 5.75 Å². The summed E-state index contributed by atoms with van der Waals surface area (Å²) in [5.41, 5.74) is 2.19. The second-order valence-corrected chi connectivity index (χ2v) is 7.44. The Kier molecular flexibility index (Phi) is 9.71. The quantitative estimate of drug-likeness (QED) is 0.343. The molecule has 0 aliphatic heterocycles. The van der Waals surface area contributed by atoms with Gasteiger partial charge in [-0.05, 0) is 37.5 Å². The van der Waals surface area contributed by atoms with Gasteiger partial charge in [0.2, 0.25) is 5.89 Å². The molecular formula is C20H32IN5O2. The van der Waals surface area contributed by atoms with E-state index in [1.807, 2.05) is 34.6 Å². The summed E-state index contributed by atoms with van der Waals surface area (Å²) < 4.78 is 10.7. The zero-order chi connectivity index (χ0) is 19.9. The Balaban J connectivity index is 0.00000392. The van der Waals surface area contributed by atoms with Gasteiger partial charge in [-0.25, -0.2) is 4.99 Å². The van der Waals surface area contributed by atoms with Crippen molar-refractivity contribution in [1.29, 1.82) is 0 Å². The molecule has 0 saturated heterocycles. The van der Waals surface area contributed by atoms with Crippen LogP contribution in [0.4, 0.5) is 0 Å². The summed E-state index contributed by atoms with van der Waals surface area (Å²) in [5.74, 6) is 2.86. The summed E-state index contributed by atoms with van der Waals surface area (Å²) in [6.45, 7) is 12.1. The monoisotopic (exact) mass is 501 g/mol. The molecule has 28 heavy (non-hydrogen) atoms. The molecule has 2 N–H and O–H groups in total. The fourth-order valence-electron chi connectivity index (χ4n) is 2.46. The fraction of sp³-hybridized carbons (Fsp3) is 0.550. The van der Waals surface area contributed by atoms with Gasteiger partial charge in [-0.3, -0.25) is 0 Å². The summed E-state index contributed by atoms with van der Waals surface area (Å²) >= 11 is 0. The molecule has 0 unspecified atom stereocenters. The van der Waals surface area contributed by atoms with E-state index in [9.17, 15) is 0 Å². The largest absolute Gasteiger partial charge is 0.496 e. The van der Waals surface area contributed by atoms with Crippen LogP contribution in [-0.4, -0.2) is 36.3 Å². The highest BCUT2D eigenvalue weighted by atomic mass is 127. The minimum atomic E-state index is -0.160. The lowest BCUT2D eigenvalue weighted by atomic mass is 9.97. The molecule has 7 nitrogen and oxygen atoms in total. The molecule has 1 aromatic heterocycles. The van der Waals surface area contributed by atoms with Crippen molar-refractivity contribution < 1.29 is 9.26 Å². The van der Waals surface area contributed by atoms with Crippen molar-refractivity contribution in [3.8, 4) is 5.75 Å². The second kappa shape index (κ2) is 11.2. The Hall–Kier alpha value is -1.84. The molecule has 1 aromatic carbocycles. The molecule has 2 rings (SSSR count). The average molecular weight is 501 g/mol. The normalized spacial score (nSPS) is 11.7. The lowest BCUT2D eigenvalue weighted by molar-refractivity contribution is 0.318. The number of nitrogens with one attached hydrogen (secondary N) is 2. The van der Waals surface area contributed by atoms with Crippen molar-refractivity contribution in [3.63, 3.8) is 0 Å². The van der Waals surface area contributed by atoms with E-state index in [2.05, 4.69) is 44.0 Å². The van der Waals surface area contributed by atoms with Crippen molar-refractivity contribution >= 4 is 29.9 Å². The molecule has 1 heterocycles. The molecule has 0 aliphatic carbocycles. The van der Waals surface area contributed by atoms with Gasteiger partial charge in [-0.15, -0.1) is 24.0 Å². The van der Waals surface area contributed by atoms with Crippen LogP contribution in [-0.2, 0) is 18.4 Å². The second-order valence-electron chi connectivity index (χ2n) is 7.44. The third-order valence-electron chi connectivity index (χ3n) is 4.01. The third kappa shape index (κ3) is 7.29. The van der Waals surface area contributed by atoms with Gasteiger partial charge in [0.25, 0.3) is 0 Å². The predicted molar refractivity (Wildman–Crippen MR) is 123 cm³/mol. The first-order chi connectivity index (χ1) is 12.8. The van der Waals surface area contributed by atoms with Crippen molar-refractivity contribution in [2.24, 2.45) is 4.99 Å². The molecule has 2 aromatic rings. The number of methoxy groups -OCH3 is 1. The Bertz CT molecular complexity index is 768. The van der Waals surface area contributed by atoms with Crippen molar-refractivity contribution in [3.05, 3.63) is 41.0 Å². The number of nitrogens with zero attached hydrogens (tertiary/aromatic N) is 3. The maximum absolute atomic E-state index is 5.39. The van der Waals surface area contributed by atoms with Crippen LogP contribution in [0.1, 0.15) is 50.5 Å². The number of hydrogen-bond donors (Lipinski definition) is 2.